The molecule has 0 amide bonds. The van der Waals surface area contributed by atoms with Crippen molar-refractivity contribution in [2.24, 2.45) is 5.18 Å². The molecule has 9 heteroatoms. The average molecular weight is 527 g/mol. The lowest BCUT2D eigenvalue weighted by Crippen LogP contribution is -2.47. The molecule has 1 fully saturated rings. The second-order valence-electron chi connectivity index (χ2n) is 9.81. The zero-order valence-corrected chi connectivity index (χ0v) is 22.0. The number of hydrogen-bond donors (Lipinski definition) is 1. The first kappa shape index (κ1) is 26.3. The number of pyridine rings is 1. The predicted molar refractivity (Wildman–Crippen MR) is 150 cm³/mol. The van der Waals surface area contributed by atoms with Crippen molar-refractivity contribution in [1.29, 1.82) is 5.26 Å². The highest BCUT2D eigenvalue weighted by Crippen LogP contribution is 2.33. The number of nitroso groups, excluding NO2 is 1. The molecule has 1 aliphatic rings. The van der Waals surface area contributed by atoms with Crippen LogP contribution in [-0.4, -0.2) is 54.7 Å². The monoisotopic (exact) mass is 526 g/mol. The van der Waals surface area contributed by atoms with Crippen molar-refractivity contribution >= 4 is 16.7 Å². The minimum Gasteiger partial charge on any atom is -0.496 e. The van der Waals surface area contributed by atoms with Crippen LogP contribution in [0.15, 0.2) is 60.0 Å². The van der Waals surface area contributed by atoms with E-state index in [9.17, 15) is 14.6 Å². The standard InChI is InChI=1S/C30H31FN6O2/c1-39-29-16-25(31)6-7-26(29)23-15-24(20-35-38)30(34-19-23)37-12-10-36(11-13-37)9-3-2-4-22-18-33-28-8-5-21(17-32)14-27(22)28/h5-8,14-16,18-19,33H,2-4,9-13,20H2,1H3. The van der Waals surface area contributed by atoms with Gasteiger partial charge in [0.05, 0.1) is 18.7 Å². The predicted octanol–water partition coefficient (Wildman–Crippen LogP) is 5.66. The van der Waals surface area contributed by atoms with E-state index < -0.39 is 0 Å². The number of nitriles is 1. The quantitative estimate of drug-likeness (QED) is 0.212. The summed E-state index contributed by atoms with van der Waals surface area (Å²) in [6, 6.07) is 14.3. The van der Waals surface area contributed by atoms with E-state index in [1.165, 1.54) is 24.8 Å². The highest BCUT2D eigenvalue weighted by Gasteiger charge is 2.21. The third kappa shape index (κ3) is 5.91. The summed E-state index contributed by atoms with van der Waals surface area (Å²) in [7, 11) is 1.50. The van der Waals surface area contributed by atoms with Gasteiger partial charge < -0.3 is 14.6 Å². The fourth-order valence-corrected chi connectivity index (χ4v) is 5.31. The van der Waals surface area contributed by atoms with Crippen LogP contribution in [0.25, 0.3) is 22.0 Å². The lowest BCUT2D eigenvalue weighted by atomic mass is 10.0. The van der Waals surface area contributed by atoms with Gasteiger partial charge in [0.25, 0.3) is 0 Å². The Morgan fingerprint density at radius 1 is 1.10 bits per heavy atom. The number of aryl methyl sites for hydroxylation is 1. The number of anilines is 1. The van der Waals surface area contributed by atoms with Crippen LogP contribution in [0.5, 0.6) is 5.75 Å². The van der Waals surface area contributed by atoms with E-state index >= 15 is 0 Å². The van der Waals surface area contributed by atoms with Crippen molar-refractivity contribution in [2.45, 2.75) is 25.8 Å². The van der Waals surface area contributed by atoms with E-state index in [1.54, 1.807) is 12.3 Å². The van der Waals surface area contributed by atoms with E-state index in [4.69, 9.17) is 9.72 Å². The van der Waals surface area contributed by atoms with Gasteiger partial charge in [-0.05, 0) is 67.8 Å². The number of piperazine rings is 1. The Morgan fingerprint density at radius 2 is 1.95 bits per heavy atom. The zero-order valence-electron chi connectivity index (χ0n) is 22.0. The van der Waals surface area contributed by atoms with Gasteiger partial charge in [0.2, 0.25) is 0 Å². The minimum atomic E-state index is -0.375. The summed E-state index contributed by atoms with van der Waals surface area (Å²) in [4.78, 5) is 23.9. The van der Waals surface area contributed by atoms with Gasteiger partial charge in [-0.2, -0.15) is 10.2 Å². The molecule has 2 aromatic carbocycles. The molecular weight excluding hydrogens is 495 g/mol. The number of aromatic nitrogens is 2. The highest BCUT2D eigenvalue weighted by molar-refractivity contribution is 5.84. The molecule has 0 saturated carbocycles. The Hall–Kier alpha value is -4.29. The summed E-state index contributed by atoms with van der Waals surface area (Å²) in [5, 5.41) is 13.5. The van der Waals surface area contributed by atoms with Gasteiger partial charge in [-0.1, -0.05) is 5.18 Å². The summed E-state index contributed by atoms with van der Waals surface area (Å²) in [6.07, 6.45) is 6.95. The number of aromatic amines is 1. The van der Waals surface area contributed by atoms with E-state index in [-0.39, 0.29) is 12.4 Å². The molecule has 39 heavy (non-hydrogen) atoms. The highest BCUT2D eigenvalue weighted by atomic mass is 19.1. The number of nitrogens with one attached hydrogen (secondary N) is 1. The van der Waals surface area contributed by atoms with Gasteiger partial charge in [-0.3, -0.25) is 4.90 Å². The Bertz CT molecular complexity index is 1500. The molecule has 2 aromatic heterocycles. The van der Waals surface area contributed by atoms with Crippen molar-refractivity contribution in [2.75, 3.05) is 44.7 Å². The van der Waals surface area contributed by atoms with Crippen molar-refractivity contribution in [3.8, 4) is 22.9 Å². The van der Waals surface area contributed by atoms with Gasteiger partial charge in [-0.15, -0.1) is 0 Å². The first-order valence-electron chi connectivity index (χ1n) is 13.2. The van der Waals surface area contributed by atoms with Crippen LogP contribution in [0.3, 0.4) is 0 Å². The molecule has 1 aliphatic heterocycles. The van der Waals surface area contributed by atoms with Gasteiger partial charge in [-0.25, -0.2) is 9.37 Å². The number of halogens is 1. The van der Waals surface area contributed by atoms with Gasteiger partial charge >= 0.3 is 0 Å². The SMILES string of the molecule is COc1cc(F)ccc1-c1cnc(N2CCN(CCCCc3c[nH]c4ccc(C#N)cc34)CC2)c(CN=O)c1. The molecule has 3 heterocycles. The molecule has 8 nitrogen and oxygen atoms in total. The molecule has 0 bridgehead atoms. The zero-order chi connectivity index (χ0) is 27.2. The van der Waals surface area contributed by atoms with Gasteiger partial charge in [0.15, 0.2) is 0 Å². The van der Waals surface area contributed by atoms with Crippen molar-refractivity contribution in [3.63, 3.8) is 0 Å². The van der Waals surface area contributed by atoms with Crippen LogP contribution in [0, 0.1) is 22.1 Å². The number of nitrogens with zero attached hydrogens (tertiary/aromatic N) is 5. The largest absolute Gasteiger partial charge is 0.496 e. The maximum Gasteiger partial charge on any atom is 0.133 e. The maximum atomic E-state index is 13.7. The molecule has 0 atom stereocenters. The molecule has 0 spiro atoms. The fraction of sp³-hybridized carbons (Fsp3) is 0.333. The smallest absolute Gasteiger partial charge is 0.133 e. The lowest BCUT2D eigenvalue weighted by molar-refractivity contribution is 0.252. The third-order valence-corrected chi connectivity index (χ3v) is 7.39. The summed E-state index contributed by atoms with van der Waals surface area (Å²) < 4.78 is 19.0. The summed E-state index contributed by atoms with van der Waals surface area (Å²) in [6.45, 7) is 4.52. The van der Waals surface area contributed by atoms with Gasteiger partial charge in [0.1, 0.15) is 23.9 Å². The van der Waals surface area contributed by atoms with Crippen LogP contribution in [0.4, 0.5) is 10.2 Å². The Balaban J connectivity index is 1.17. The second-order valence-corrected chi connectivity index (χ2v) is 9.81. The van der Waals surface area contributed by atoms with E-state index in [1.807, 2.05) is 24.3 Å². The molecule has 0 radical (unpaired) electrons. The van der Waals surface area contributed by atoms with E-state index in [0.29, 0.717) is 16.9 Å². The minimum absolute atomic E-state index is 0.0175. The fourth-order valence-electron chi connectivity index (χ4n) is 5.31. The van der Waals surface area contributed by atoms with E-state index in [0.717, 1.165) is 79.8 Å². The number of unbranched alkanes of at least 4 members (excludes halogenated alkanes) is 1. The lowest BCUT2D eigenvalue weighted by Gasteiger charge is -2.36. The molecule has 5 rings (SSSR count). The molecular formula is C30H31FN6O2. The first-order valence-corrected chi connectivity index (χ1v) is 13.2. The number of rotatable bonds is 10. The summed E-state index contributed by atoms with van der Waals surface area (Å²) in [5.74, 6) is 0.815. The van der Waals surface area contributed by atoms with Crippen LogP contribution < -0.4 is 9.64 Å². The van der Waals surface area contributed by atoms with Crippen LogP contribution >= 0.6 is 0 Å². The second kappa shape index (κ2) is 12.0. The Morgan fingerprint density at radius 3 is 2.72 bits per heavy atom. The number of H-pyrrole nitrogens is 1. The Kier molecular flexibility index (Phi) is 8.13. The van der Waals surface area contributed by atoms with E-state index in [2.05, 4.69) is 32.2 Å². The van der Waals surface area contributed by atoms with Crippen LogP contribution in [-0.2, 0) is 13.0 Å². The van der Waals surface area contributed by atoms with Crippen molar-refractivity contribution < 1.29 is 9.13 Å². The molecule has 4 aromatic rings. The maximum absolute atomic E-state index is 13.7. The molecule has 1 N–H and O–H groups in total. The number of ether oxygens (including phenoxy) is 1. The summed E-state index contributed by atoms with van der Waals surface area (Å²) in [5.41, 5.74) is 5.24. The van der Waals surface area contributed by atoms with Gasteiger partial charge in [0, 0.05) is 72.2 Å². The number of methoxy groups -OCH3 is 1. The molecule has 0 unspecified atom stereocenters. The third-order valence-electron chi connectivity index (χ3n) is 7.39. The number of benzene rings is 2. The molecule has 200 valence electrons. The van der Waals surface area contributed by atoms with Crippen molar-refractivity contribution in [1.82, 2.24) is 14.9 Å². The average Bonchev–Trinajstić information content (AvgIpc) is 3.38. The topological polar surface area (TPSA) is 97.6 Å². The first-order chi connectivity index (χ1) is 19.1. The molecule has 0 aliphatic carbocycles. The normalized spacial score (nSPS) is 13.9. The Labute approximate surface area is 227 Å². The van der Waals surface area contributed by atoms with Crippen LogP contribution in [0.2, 0.25) is 0 Å². The summed E-state index contributed by atoms with van der Waals surface area (Å²) >= 11 is 0. The van der Waals surface area contributed by atoms with Crippen molar-refractivity contribution in [3.05, 3.63) is 82.3 Å². The number of fused-ring (bicyclic) bond motifs is 1. The number of hydrogen-bond acceptors (Lipinski definition) is 7. The molecule has 1 saturated heterocycles. The van der Waals surface area contributed by atoms with Crippen LogP contribution in [0.1, 0.15) is 29.5 Å².